The average Bonchev–Trinajstić information content (AvgIpc) is 2.68. The summed E-state index contributed by atoms with van der Waals surface area (Å²) in [5.41, 5.74) is 2.31. The van der Waals surface area contributed by atoms with Crippen LogP contribution in [0.3, 0.4) is 0 Å². The number of hydrogen-bond donors (Lipinski definition) is 1. The molecular weight excluding hydrogens is 228 g/mol. The summed E-state index contributed by atoms with van der Waals surface area (Å²) in [6, 6.07) is 9.56. The molecule has 88 valence electrons. The van der Waals surface area contributed by atoms with E-state index in [-0.39, 0.29) is 18.2 Å². The van der Waals surface area contributed by atoms with Gasteiger partial charge in [0.15, 0.2) is 0 Å². The van der Waals surface area contributed by atoms with Crippen molar-refractivity contribution in [1.82, 2.24) is 10.3 Å². The van der Waals surface area contributed by atoms with Gasteiger partial charge < -0.3 is 0 Å². The SMILES string of the molecule is O=C1CC(=Cc2ccc3ncccc3c2)C(=O)N1. The molecule has 1 fully saturated rings. The van der Waals surface area contributed by atoms with E-state index in [0.29, 0.717) is 5.57 Å². The number of benzene rings is 1. The van der Waals surface area contributed by atoms with Crippen molar-refractivity contribution in [1.29, 1.82) is 0 Å². The zero-order valence-corrected chi connectivity index (χ0v) is 9.51. The van der Waals surface area contributed by atoms with E-state index >= 15 is 0 Å². The van der Waals surface area contributed by atoms with Gasteiger partial charge in [-0.3, -0.25) is 19.9 Å². The largest absolute Gasteiger partial charge is 0.292 e. The van der Waals surface area contributed by atoms with Crippen molar-refractivity contribution in [3.8, 4) is 0 Å². The van der Waals surface area contributed by atoms with Crippen LogP contribution in [0.25, 0.3) is 17.0 Å². The molecule has 4 nitrogen and oxygen atoms in total. The van der Waals surface area contributed by atoms with Crippen LogP contribution in [0, 0.1) is 0 Å². The minimum atomic E-state index is -0.300. The van der Waals surface area contributed by atoms with Crippen LogP contribution in [0.2, 0.25) is 0 Å². The molecule has 2 amide bonds. The number of amides is 2. The quantitative estimate of drug-likeness (QED) is 0.607. The third-order valence-electron chi connectivity index (χ3n) is 2.86. The van der Waals surface area contributed by atoms with Crippen molar-refractivity contribution in [3.05, 3.63) is 47.7 Å². The predicted molar refractivity (Wildman–Crippen MR) is 67.5 cm³/mol. The maximum atomic E-state index is 11.4. The van der Waals surface area contributed by atoms with E-state index in [1.165, 1.54) is 0 Å². The molecule has 4 heteroatoms. The fourth-order valence-corrected chi connectivity index (χ4v) is 2.01. The van der Waals surface area contributed by atoms with Crippen LogP contribution in [-0.4, -0.2) is 16.8 Å². The number of nitrogens with one attached hydrogen (secondary N) is 1. The third-order valence-corrected chi connectivity index (χ3v) is 2.86. The lowest BCUT2D eigenvalue weighted by Crippen LogP contribution is -2.19. The highest BCUT2D eigenvalue weighted by Gasteiger charge is 2.23. The van der Waals surface area contributed by atoms with Crippen LogP contribution in [0.5, 0.6) is 0 Å². The first-order chi connectivity index (χ1) is 8.72. The molecule has 1 aliphatic rings. The lowest BCUT2D eigenvalue weighted by molar-refractivity contribution is -0.124. The third kappa shape index (κ3) is 1.88. The Kier molecular flexibility index (Phi) is 2.41. The van der Waals surface area contributed by atoms with Gasteiger partial charge in [0, 0.05) is 17.2 Å². The van der Waals surface area contributed by atoms with E-state index in [9.17, 15) is 9.59 Å². The van der Waals surface area contributed by atoms with E-state index in [1.807, 2.05) is 30.3 Å². The van der Waals surface area contributed by atoms with E-state index in [0.717, 1.165) is 16.5 Å². The van der Waals surface area contributed by atoms with Gasteiger partial charge in [-0.25, -0.2) is 0 Å². The highest BCUT2D eigenvalue weighted by atomic mass is 16.2. The minimum Gasteiger partial charge on any atom is -0.292 e. The Morgan fingerprint density at radius 1 is 1.22 bits per heavy atom. The van der Waals surface area contributed by atoms with Crippen LogP contribution >= 0.6 is 0 Å². The summed E-state index contributed by atoms with van der Waals surface area (Å²) in [5.74, 6) is -0.542. The maximum Gasteiger partial charge on any atom is 0.254 e. The summed E-state index contributed by atoms with van der Waals surface area (Å²) in [6.07, 6.45) is 3.64. The molecule has 0 bridgehead atoms. The molecule has 1 aromatic carbocycles. The molecule has 1 aromatic heterocycles. The van der Waals surface area contributed by atoms with Gasteiger partial charge in [0.1, 0.15) is 0 Å². The fraction of sp³-hybridized carbons (Fsp3) is 0.0714. The van der Waals surface area contributed by atoms with Gasteiger partial charge in [0.05, 0.1) is 11.9 Å². The molecule has 0 spiro atoms. The van der Waals surface area contributed by atoms with Crippen LogP contribution in [0.15, 0.2) is 42.1 Å². The summed E-state index contributed by atoms with van der Waals surface area (Å²) in [7, 11) is 0. The van der Waals surface area contributed by atoms with Gasteiger partial charge in [-0.05, 0) is 29.8 Å². The summed E-state index contributed by atoms with van der Waals surface area (Å²) in [6.45, 7) is 0. The molecule has 0 unspecified atom stereocenters. The lowest BCUT2D eigenvalue weighted by Gasteiger charge is -1.99. The molecular formula is C14H10N2O2. The van der Waals surface area contributed by atoms with Crippen LogP contribution in [-0.2, 0) is 9.59 Å². The summed E-state index contributed by atoms with van der Waals surface area (Å²) >= 11 is 0. The van der Waals surface area contributed by atoms with Gasteiger partial charge in [0.2, 0.25) is 5.91 Å². The molecule has 18 heavy (non-hydrogen) atoms. The number of nitrogens with zero attached hydrogens (tertiary/aromatic N) is 1. The van der Waals surface area contributed by atoms with Gasteiger partial charge >= 0.3 is 0 Å². The van der Waals surface area contributed by atoms with Crippen molar-refractivity contribution in [2.75, 3.05) is 0 Å². The molecule has 1 N–H and O–H groups in total. The first kappa shape index (κ1) is 10.7. The predicted octanol–water partition coefficient (Wildman–Crippen LogP) is 1.66. The highest BCUT2D eigenvalue weighted by molar-refractivity contribution is 6.15. The Morgan fingerprint density at radius 2 is 2.11 bits per heavy atom. The number of pyridine rings is 1. The molecule has 0 saturated carbocycles. The smallest absolute Gasteiger partial charge is 0.254 e. The molecule has 3 rings (SSSR count). The second kappa shape index (κ2) is 4.07. The van der Waals surface area contributed by atoms with Gasteiger partial charge in [-0.2, -0.15) is 0 Å². The first-order valence-electron chi connectivity index (χ1n) is 5.62. The minimum absolute atomic E-state index is 0.157. The number of hydrogen-bond acceptors (Lipinski definition) is 3. The average molecular weight is 238 g/mol. The van der Waals surface area contributed by atoms with Crippen LogP contribution in [0.4, 0.5) is 0 Å². The topological polar surface area (TPSA) is 59.1 Å². The molecule has 0 radical (unpaired) electrons. The summed E-state index contributed by atoms with van der Waals surface area (Å²) in [5, 5.41) is 3.28. The van der Waals surface area contributed by atoms with Gasteiger partial charge in [0.25, 0.3) is 5.91 Å². The molecule has 0 atom stereocenters. The zero-order valence-electron chi connectivity index (χ0n) is 9.51. The van der Waals surface area contributed by atoms with Gasteiger partial charge in [-0.15, -0.1) is 0 Å². The number of carbonyl (C=O) groups is 2. The molecule has 2 heterocycles. The normalized spacial score (nSPS) is 17.4. The summed E-state index contributed by atoms with van der Waals surface area (Å²) < 4.78 is 0. The van der Waals surface area contributed by atoms with E-state index < -0.39 is 0 Å². The van der Waals surface area contributed by atoms with Crippen LogP contribution in [0.1, 0.15) is 12.0 Å². The number of aromatic nitrogens is 1. The second-order valence-corrected chi connectivity index (χ2v) is 4.18. The van der Waals surface area contributed by atoms with E-state index in [4.69, 9.17) is 0 Å². The van der Waals surface area contributed by atoms with E-state index in [2.05, 4.69) is 10.3 Å². The Labute approximate surface area is 103 Å². The van der Waals surface area contributed by atoms with Gasteiger partial charge in [-0.1, -0.05) is 12.1 Å². The first-order valence-corrected chi connectivity index (χ1v) is 5.62. The lowest BCUT2D eigenvalue weighted by atomic mass is 10.1. The van der Waals surface area contributed by atoms with Crippen LogP contribution < -0.4 is 5.32 Å². The maximum absolute atomic E-state index is 11.4. The molecule has 1 saturated heterocycles. The Hall–Kier alpha value is -2.49. The fourth-order valence-electron chi connectivity index (χ4n) is 2.01. The van der Waals surface area contributed by atoms with Crippen molar-refractivity contribution in [2.24, 2.45) is 0 Å². The number of fused-ring (bicyclic) bond motifs is 1. The van der Waals surface area contributed by atoms with Crippen molar-refractivity contribution >= 4 is 28.8 Å². The van der Waals surface area contributed by atoms with Crippen molar-refractivity contribution in [3.63, 3.8) is 0 Å². The zero-order chi connectivity index (χ0) is 12.5. The standard InChI is InChI=1S/C14H10N2O2/c17-13-8-11(14(18)16-13)7-9-3-4-12-10(6-9)2-1-5-15-12/h1-7H,8H2,(H,16,17,18). The Bertz CT molecular complexity index is 689. The van der Waals surface area contributed by atoms with E-state index in [1.54, 1.807) is 12.3 Å². The monoisotopic (exact) mass is 238 g/mol. The second-order valence-electron chi connectivity index (χ2n) is 4.18. The number of rotatable bonds is 1. The number of imide groups is 1. The van der Waals surface area contributed by atoms with Crippen molar-refractivity contribution < 1.29 is 9.59 Å². The Balaban J connectivity index is 2.02. The molecule has 2 aromatic rings. The van der Waals surface area contributed by atoms with Crippen molar-refractivity contribution in [2.45, 2.75) is 6.42 Å². The molecule has 1 aliphatic heterocycles. The summed E-state index contributed by atoms with van der Waals surface area (Å²) in [4.78, 5) is 26.8. The highest BCUT2D eigenvalue weighted by Crippen LogP contribution is 2.18. The Morgan fingerprint density at radius 3 is 2.89 bits per heavy atom. The molecule has 0 aliphatic carbocycles. The number of carbonyl (C=O) groups excluding carboxylic acids is 2.